The van der Waals surface area contributed by atoms with Crippen LogP contribution in [-0.4, -0.2) is 10.2 Å². The number of rotatable bonds is 1. The van der Waals surface area contributed by atoms with Crippen molar-refractivity contribution >= 4 is 0 Å². The molecule has 0 saturated heterocycles. The van der Waals surface area contributed by atoms with Gasteiger partial charge in [0.1, 0.15) is 11.5 Å². The maximum Gasteiger partial charge on any atom is 0.417 e. The van der Waals surface area contributed by atoms with Gasteiger partial charge in [-0.1, -0.05) is 0 Å². The largest absolute Gasteiger partial charge is 0.507 e. The maximum atomic E-state index is 13.3. The summed E-state index contributed by atoms with van der Waals surface area (Å²) in [4.78, 5) is 0. The van der Waals surface area contributed by atoms with E-state index in [2.05, 4.69) is 0 Å². The minimum atomic E-state index is -5.79. The van der Waals surface area contributed by atoms with Crippen molar-refractivity contribution in [1.82, 2.24) is 0 Å². The number of phenolic OH excluding ortho intramolecular Hbond substituents is 2. The highest BCUT2D eigenvalue weighted by atomic mass is 19.4. The molecule has 2 N–H and O–H groups in total. The smallest absolute Gasteiger partial charge is 0.417 e. The summed E-state index contributed by atoms with van der Waals surface area (Å²) < 4.78 is 156. The number of benzene rings is 2. The highest BCUT2D eigenvalue weighted by molar-refractivity contribution is 5.83. The molecule has 30 heavy (non-hydrogen) atoms. The molecule has 0 fully saturated rings. The van der Waals surface area contributed by atoms with Crippen LogP contribution in [0.2, 0.25) is 0 Å². The number of phenols is 2. The molecule has 166 valence electrons. The molecule has 0 spiro atoms. The topological polar surface area (TPSA) is 40.5 Å². The van der Waals surface area contributed by atoms with Crippen LogP contribution in [0.1, 0.15) is 22.3 Å². The second kappa shape index (κ2) is 6.87. The van der Waals surface area contributed by atoms with Crippen molar-refractivity contribution in [3.63, 3.8) is 0 Å². The Kier molecular flexibility index (Phi) is 5.38. The summed E-state index contributed by atoms with van der Waals surface area (Å²) >= 11 is 0. The van der Waals surface area contributed by atoms with Crippen LogP contribution in [0, 0.1) is 0 Å². The molecule has 0 saturated carbocycles. The van der Waals surface area contributed by atoms with Crippen LogP contribution >= 0.6 is 0 Å². The van der Waals surface area contributed by atoms with Gasteiger partial charge in [-0.3, -0.25) is 0 Å². The Morgan fingerprint density at radius 3 is 0.900 bits per heavy atom. The van der Waals surface area contributed by atoms with Crippen molar-refractivity contribution in [2.45, 2.75) is 24.7 Å². The van der Waals surface area contributed by atoms with Gasteiger partial charge in [0.2, 0.25) is 0 Å². The van der Waals surface area contributed by atoms with E-state index in [1.165, 1.54) is 0 Å². The zero-order chi connectivity index (χ0) is 23.4. The third-order valence-corrected chi connectivity index (χ3v) is 3.75. The van der Waals surface area contributed by atoms with Crippen molar-refractivity contribution in [3.05, 3.63) is 46.5 Å². The lowest BCUT2D eigenvalue weighted by atomic mass is 9.90. The van der Waals surface area contributed by atoms with Gasteiger partial charge in [-0.25, -0.2) is 0 Å². The average molecular weight is 458 g/mol. The molecule has 0 aliphatic heterocycles. The molecule has 14 heteroatoms. The number of hydrogen-bond acceptors (Lipinski definition) is 2. The van der Waals surface area contributed by atoms with Crippen LogP contribution in [-0.2, 0) is 24.7 Å². The van der Waals surface area contributed by atoms with E-state index in [-0.39, 0.29) is 12.1 Å². The molecule has 0 aromatic heterocycles. The minimum Gasteiger partial charge on any atom is -0.507 e. The second-order valence-corrected chi connectivity index (χ2v) is 5.83. The normalized spacial score (nSPS) is 13.6. The Hall–Kier alpha value is -2.80. The Balaban J connectivity index is 3.04. The lowest BCUT2D eigenvalue weighted by Gasteiger charge is -2.22. The summed E-state index contributed by atoms with van der Waals surface area (Å²) in [6, 6.07) is -1.96. The molecule has 0 aliphatic rings. The first kappa shape index (κ1) is 23.5. The monoisotopic (exact) mass is 458 g/mol. The Morgan fingerprint density at radius 2 is 0.700 bits per heavy atom. The number of halogens is 12. The van der Waals surface area contributed by atoms with E-state index in [1.54, 1.807) is 0 Å². The van der Waals surface area contributed by atoms with E-state index in [0.29, 0.717) is 0 Å². The van der Waals surface area contributed by atoms with Crippen LogP contribution in [0.5, 0.6) is 11.5 Å². The van der Waals surface area contributed by atoms with E-state index >= 15 is 0 Å². The SMILES string of the molecule is Oc1cc(C(F)(F)F)cc(C(F)(F)F)c1-c1c(O)cc(C(F)(F)F)cc1C(F)(F)F. The molecule has 2 aromatic rings. The molecular formula is C16H6F12O2. The molecule has 0 unspecified atom stereocenters. The fourth-order valence-electron chi connectivity index (χ4n) is 2.55. The second-order valence-electron chi connectivity index (χ2n) is 5.83. The summed E-state index contributed by atoms with van der Waals surface area (Å²) in [5, 5.41) is 19.4. The molecule has 0 radical (unpaired) electrons. The molecular weight excluding hydrogens is 452 g/mol. The van der Waals surface area contributed by atoms with Crippen LogP contribution in [0.4, 0.5) is 52.7 Å². The molecule has 0 amide bonds. The molecule has 2 nitrogen and oxygen atoms in total. The van der Waals surface area contributed by atoms with Crippen LogP contribution < -0.4 is 0 Å². The summed E-state index contributed by atoms with van der Waals surface area (Å²) in [5.41, 5.74) is -13.0. The predicted molar refractivity (Wildman–Crippen MR) is 75.2 cm³/mol. The van der Waals surface area contributed by atoms with Crippen molar-refractivity contribution in [1.29, 1.82) is 0 Å². The third-order valence-electron chi connectivity index (χ3n) is 3.75. The summed E-state index contributed by atoms with van der Waals surface area (Å²) in [6.07, 6.45) is -22.5. The van der Waals surface area contributed by atoms with Gasteiger partial charge < -0.3 is 10.2 Å². The van der Waals surface area contributed by atoms with Crippen molar-refractivity contribution in [3.8, 4) is 22.6 Å². The van der Waals surface area contributed by atoms with E-state index in [0.717, 1.165) is 0 Å². The Morgan fingerprint density at radius 1 is 0.433 bits per heavy atom. The van der Waals surface area contributed by atoms with Gasteiger partial charge in [0.25, 0.3) is 0 Å². The van der Waals surface area contributed by atoms with Gasteiger partial charge >= 0.3 is 24.7 Å². The van der Waals surface area contributed by atoms with Crippen LogP contribution in [0.15, 0.2) is 24.3 Å². The van der Waals surface area contributed by atoms with Crippen LogP contribution in [0.25, 0.3) is 11.1 Å². The minimum absolute atomic E-state index is 0.345. The molecule has 0 heterocycles. The van der Waals surface area contributed by atoms with Gasteiger partial charge in [0, 0.05) is 11.1 Å². The number of hydrogen-bond donors (Lipinski definition) is 2. The first-order valence-electron chi connectivity index (χ1n) is 7.27. The average Bonchev–Trinajstić information content (AvgIpc) is 2.50. The molecule has 0 atom stereocenters. The van der Waals surface area contributed by atoms with Gasteiger partial charge in [0.15, 0.2) is 0 Å². The van der Waals surface area contributed by atoms with Gasteiger partial charge in [-0.15, -0.1) is 0 Å². The van der Waals surface area contributed by atoms with Crippen molar-refractivity contribution in [2.24, 2.45) is 0 Å². The fourth-order valence-corrected chi connectivity index (χ4v) is 2.55. The predicted octanol–water partition coefficient (Wildman–Crippen LogP) is 6.84. The summed E-state index contributed by atoms with van der Waals surface area (Å²) in [6.45, 7) is 0. The van der Waals surface area contributed by atoms with E-state index in [4.69, 9.17) is 0 Å². The Labute approximate surface area is 158 Å². The lowest BCUT2D eigenvalue weighted by molar-refractivity contribution is -0.145. The third kappa shape index (κ3) is 4.51. The first-order chi connectivity index (χ1) is 13.2. The van der Waals surface area contributed by atoms with Gasteiger partial charge in [-0.05, 0) is 24.3 Å². The fraction of sp³-hybridized carbons (Fsp3) is 0.250. The molecule has 0 aliphatic carbocycles. The summed E-state index contributed by atoms with van der Waals surface area (Å²) in [7, 11) is 0. The molecule has 2 rings (SSSR count). The van der Waals surface area contributed by atoms with Crippen LogP contribution in [0.3, 0.4) is 0 Å². The zero-order valence-corrected chi connectivity index (χ0v) is 13.7. The van der Waals surface area contributed by atoms with Gasteiger partial charge in [-0.2, -0.15) is 52.7 Å². The molecule has 0 bridgehead atoms. The standard InChI is InChI=1S/C16H6F12O2/c17-13(18,19)5-1-7(15(23,24)25)11(9(29)3-5)12-8(16(26,27)28)2-6(4-10(12)30)14(20,21)22/h1-4,29-30H. The van der Waals surface area contributed by atoms with E-state index in [9.17, 15) is 62.9 Å². The zero-order valence-electron chi connectivity index (χ0n) is 13.7. The highest BCUT2D eigenvalue weighted by Crippen LogP contribution is 2.52. The summed E-state index contributed by atoms with van der Waals surface area (Å²) in [5.74, 6) is -3.98. The quantitative estimate of drug-likeness (QED) is 0.460. The van der Waals surface area contributed by atoms with Gasteiger partial charge in [0.05, 0.1) is 22.3 Å². The highest BCUT2D eigenvalue weighted by Gasteiger charge is 2.45. The maximum absolute atomic E-state index is 13.3. The first-order valence-corrected chi connectivity index (χ1v) is 7.27. The van der Waals surface area contributed by atoms with Crippen molar-refractivity contribution in [2.75, 3.05) is 0 Å². The van der Waals surface area contributed by atoms with E-state index < -0.39 is 81.7 Å². The Bertz CT molecular complexity index is 885. The lowest BCUT2D eigenvalue weighted by Crippen LogP contribution is -2.16. The van der Waals surface area contributed by atoms with Crippen molar-refractivity contribution < 1.29 is 62.9 Å². The molecule has 2 aromatic carbocycles. The number of alkyl halides is 12. The number of aromatic hydroxyl groups is 2. The van der Waals surface area contributed by atoms with E-state index in [1.807, 2.05) is 0 Å².